The lowest BCUT2D eigenvalue weighted by atomic mass is 10.3. The van der Waals surface area contributed by atoms with Crippen LogP contribution in [0.15, 0.2) is 41.3 Å². The third kappa shape index (κ3) is 3.00. The van der Waals surface area contributed by atoms with Gasteiger partial charge in [-0.1, -0.05) is 5.16 Å². The van der Waals surface area contributed by atoms with Crippen molar-refractivity contribution in [3.05, 3.63) is 48.3 Å². The van der Waals surface area contributed by atoms with Crippen LogP contribution in [0.25, 0.3) is 11.5 Å². The van der Waals surface area contributed by atoms with E-state index in [4.69, 9.17) is 4.52 Å². The van der Waals surface area contributed by atoms with Crippen LogP contribution in [0.2, 0.25) is 0 Å². The number of aryl methyl sites for hydroxylation is 1. The van der Waals surface area contributed by atoms with Gasteiger partial charge in [0.25, 0.3) is 11.8 Å². The SMILES string of the molecule is Cn1nccc1C(=O)NCCc1noc(-c2ccncc2)n1. The van der Waals surface area contributed by atoms with E-state index in [1.54, 1.807) is 43.8 Å². The Balaban J connectivity index is 1.56. The summed E-state index contributed by atoms with van der Waals surface area (Å²) < 4.78 is 6.70. The van der Waals surface area contributed by atoms with Crippen molar-refractivity contribution in [2.75, 3.05) is 6.54 Å². The Kier molecular flexibility index (Phi) is 3.90. The lowest BCUT2D eigenvalue weighted by molar-refractivity contribution is 0.0944. The number of rotatable bonds is 5. The molecule has 1 amide bonds. The minimum atomic E-state index is -0.183. The number of nitrogens with one attached hydrogen (secondary N) is 1. The number of amides is 1. The smallest absolute Gasteiger partial charge is 0.269 e. The highest BCUT2D eigenvalue weighted by Crippen LogP contribution is 2.15. The average molecular weight is 298 g/mol. The Morgan fingerprint density at radius 1 is 1.27 bits per heavy atom. The van der Waals surface area contributed by atoms with E-state index in [-0.39, 0.29) is 5.91 Å². The Labute approximate surface area is 126 Å². The van der Waals surface area contributed by atoms with Gasteiger partial charge in [0.05, 0.1) is 0 Å². The standard InChI is InChI=1S/C14H14N6O2/c1-20-11(4-9-17-20)13(21)16-8-5-12-18-14(22-19-12)10-2-6-15-7-3-10/h2-4,6-7,9H,5,8H2,1H3,(H,16,21). The summed E-state index contributed by atoms with van der Waals surface area (Å²) in [5.41, 5.74) is 1.32. The van der Waals surface area contributed by atoms with E-state index in [1.165, 1.54) is 4.68 Å². The summed E-state index contributed by atoms with van der Waals surface area (Å²) in [6, 6.07) is 5.24. The maximum atomic E-state index is 11.9. The van der Waals surface area contributed by atoms with Crippen LogP contribution < -0.4 is 5.32 Å². The molecule has 3 heterocycles. The molecule has 0 atom stereocenters. The molecule has 0 aliphatic rings. The second-order valence-corrected chi connectivity index (χ2v) is 4.60. The van der Waals surface area contributed by atoms with Crippen molar-refractivity contribution in [3.63, 3.8) is 0 Å². The van der Waals surface area contributed by atoms with Crippen LogP contribution in [0.4, 0.5) is 0 Å². The molecule has 0 fully saturated rings. The van der Waals surface area contributed by atoms with E-state index in [2.05, 4.69) is 25.5 Å². The average Bonchev–Trinajstić information content (AvgIpc) is 3.17. The maximum absolute atomic E-state index is 11.9. The number of nitrogens with zero attached hydrogens (tertiary/aromatic N) is 5. The Hall–Kier alpha value is -3.03. The van der Waals surface area contributed by atoms with Gasteiger partial charge in [0.2, 0.25) is 0 Å². The molecule has 0 aliphatic carbocycles. The van der Waals surface area contributed by atoms with Gasteiger partial charge in [-0.25, -0.2) is 0 Å². The molecular weight excluding hydrogens is 284 g/mol. The van der Waals surface area contributed by atoms with Crippen LogP contribution in [0, 0.1) is 0 Å². The Morgan fingerprint density at radius 2 is 2.09 bits per heavy atom. The molecule has 3 aromatic heterocycles. The van der Waals surface area contributed by atoms with Crippen molar-refractivity contribution in [2.45, 2.75) is 6.42 Å². The van der Waals surface area contributed by atoms with Crippen LogP contribution in [0.5, 0.6) is 0 Å². The number of carbonyl (C=O) groups excluding carboxylic acids is 1. The first-order chi connectivity index (χ1) is 10.7. The molecule has 0 saturated heterocycles. The summed E-state index contributed by atoms with van der Waals surface area (Å²) >= 11 is 0. The molecule has 0 aliphatic heterocycles. The topological polar surface area (TPSA) is 98.7 Å². The van der Waals surface area contributed by atoms with E-state index in [0.717, 1.165) is 5.56 Å². The zero-order valence-electron chi connectivity index (χ0n) is 11.9. The van der Waals surface area contributed by atoms with Crippen LogP contribution in [-0.2, 0) is 13.5 Å². The van der Waals surface area contributed by atoms with Crippen molar-refractivity contribution in [2.24, 2.45) is 7.05 Å². The molecule has 3 aromatic rings. The largest absolute Gasteiger partial charge is 0.350 e. The fraction of sp³-hybridized carbons (Fsp3) is 0.214. The van der Waals surface area contributed by atoms with Gasteiger partial charge >= 0.3 is 0 Å². The van der Waals surface area contributed by atoms with Gasteiger partial charge in [-0.2, -0.15) is 10.1 Å². The number of aromatic nitrogens is 5. The molecule has 0 bridgehead atoms. The third-order valence-electron chi connectivity index (χ3n) is 3.08. The minimum Gasteiger partial charge on any atom is -0.350 e. The van der Waals surface area contributed by atoms with E-state index in [1.807, 2.05) is 0 Å². The van der Waals surface area contributed by atoms with Crippen molar-refractivity contribution >= 4 is 5.91 Å². The molecule has 112 valence electrons. The first kappa shape index (κ1) is 13.9. The molecule has 8 heteroatoms. The van der Waals surface area contributed by atoms with Gasteiger partial charge in [-0.05, 0) is 18.2 Å². The predicted octanol–water partition coefficient (Wildman–Crippen LogP) is 0.838. The fourth-order valence-electron chi connectivity index (χ4n) is 1.94. The first-order valence-corrected chi connectivity index (χ1v) is 6.73. The quantitative estimate of drug-likeness (QED) is 0.749. The van der Waals surface area contributed by atoms with Gasteiger partial charge in [-0.15, -0.1) is 0 Å². The number of hydrogen-bond acceptors (Lipinski definition) is 6. The van der Waals surface area contributed by atoms with Crippen LogP contribution in [-0.4, -0.2) is 37.4 Å². The van der Waals surface area contributed by atoms with E-state index >= 15 is 0 Å². The maximum Gasteiger partial charge on any atom is 0.269 e. The van der Waals surface area contributed by atoms with Gasteiger partial charge in [0, 0.05) is 44.2 Å². The summed E-state index contributed by atoms with van der Waals surface area (Å²) in [5.74, 6) is 0.797. The molecule has 0 spiro atoms. The van der Waals surface area contributed by atoms with Crippen LogP contribution >= 0.6 is 0 Å². The van der Waals surface area contributed by atoms with Gasteiger partial charge < -0.3 is 9.84 Å². The van der Waals surface area contributed by atoms with Gasteiger partial charge in [-0.3, -0.25) is 14.5 Å². The number of carbonyl (C=O) groups is 1. The third-order valence-corrected chi connectivity index (χ3v) is 3.08. The van der Waals surface area contributed by atoms with E-state index < -0.39 is 0 Å². The zero-order chi connectivity index (χ0) is 15.4. The fourth-order valence-corrected chi connectivity index (χ4v) is 1.94. The summed E-state index contributed by atoms with van der Waals surface area (Å²) in [6.07, 6.45) is 5.38. The number of pyridine rings is 1. The Bertz CT molecular complexity index is 765. The summed E-state index contributed by atoms with van der Waals surface area (Å²) in [7, 11) is 1.72. The van der Waals surface area contributed by atoms with E-state index in [0.29, 0.717) is 30.4 Å². The molecule has 1 N–H and O–H groups in total. The van der Waals surface area contributed by atoms with Gasteiger partial charge in [0.1, 0.15) is 5.69 Å². The molecule has 0 radical (unpaired) electrons. The van der Waals surface area contributed by atoms with Crippen molar-refractivity contribution < 1.29 is 9.32 Å². The second-order valence-electron chi connectivity index (χ2n) is 4.60. The normalized spacial score (nSPS) is 10.6. The highest BCUT2D eigenvalue weighted by molar-refractivity contribution is 5.92. The van der Waals surface area contributed by atoms with Crippen molar-refractivity contribution in [1.29, 1.82) is 0 Å². The molecule has 0 saturated carbocycles. The predicted molar refractivity (Wildman–Crippen MR) is 76.8 cm³/mol. The molecule has 8 nitrogen and oxygen atoms in total. The minimum absolute atomic E-state index is 0.183. The van der Waals surface area contributed by atoms with Crippen molar-refractivity contribution in [3.8, 4) is 11.5 Å². The van der Waals surface area contributed by atoms with Crippen LogP contribution in [0.3, 0.4) is 0 Å². The number of hydrogen-bond donors (Lipinski definition) is 1. The van der Waals surface area contributed by atoms with Crippen molar-refractivity contribution in [1.82, 2.24) is 30.2 Å². The lowest BCUT2D eigenvalue weighted by Gasteiger charge is -2.03. The monoisotopic (exact) mass is 298 g/mol. The molecule has 22 heavy (non-hydrogen) atoms. The molecule has 0 aromatic carbocycles. The Morgan fingerprint density at radius 3 is 2.82 bits per heavy atom. The lowest BCUT2D eigenvalue weighted by Crippen LogP contribution is -2.27. The summed E-state index contributed by atoms with van der Waals surface area (Å²) in [5, 5.41) is 10.6. The molecule has 0 unspecified atom stereocenters. The zero-order valence-corrected chi connectivity index (χ0v) is 11.9. The van der Waals surface area contributed by atoms with Gasteiger partial charge in [0.15, 0.2) is 5.82 Å². The highest BCUT2D eigenvalue weighted by Gasteiger charge is 2.11. The second kappa shape index (κ2) is 6.17. The highest BCUT2D eigenvalue weighted by atomic mass is 16.5. The molecule has 3 rings (SSSR count). The summed E-state index contributed by atoms with van der Waals surface area (Å²) in [6.45, 7) is 0.416. The summed E-state index contributed by atoms with van der Waals surface area (Å²) in [4.78, 5) is 20.1. The van der Waals surface area contributed by atoms with Crippen LogP contribution in [0.1, 0.15) is 16.3 Å². The molecular formula is C14H14N6O2. The van der Waals surface area contributed by atoms with E-state index in [9.17, 15) is 4.79 Å². The first-order valence-electron chi connectivity index (χ1n) is 6.73.